The minimum Gasteiger partial charge on any atom is -0.465 e. The molecule has 0 aliphatic carbocycles. The van der Waals surface area contributed by atoms with E-state index in [0.29, 0.717) is 0 Å². The van der Waals surface area contributed by atoms with Gasteiger partial charge in [-0.2, -0.15) is 0 Å². The monoisotopic (exact) mass is 277 g/mol. The van der Waals surface area contributed by atoms with Crippen molar-refractivity contribution in [1.29, 1.82) is 0 Å². The number of esters is 1. The number of methoxy groups -OCH3 is 1. The number of sulfonamides is 1. The first kappa shape index (κ1) is 14.0. The number of carbonyl (C=O) groups is 1. The normalized spacial score (nSPS) is 11.6. The molecule has 0 saturated carbocycles. The smallest absolute Gasteiger partial charge is 0.337 e. The molecule has 0 bridgehead atoms. The average Bonchev–Trinajstić information content (AvgIpc) is 2.26. The maximum atomic E-state index is 11.9. The third-order valence-electron chi connectivity index (χ3n) is 2.07. The van der Waals surface area contributed by atoms with E-state index in [9.17, 15) is 13.2 Å². The lowest BCUT2D eigenvalue weighted by Gasteiger charge is -2.12. The Morgan fingerprint density at radius 1 is 1.29 bits per heavy atom. The van der Waals surface area contributed by atoms with E-state index in [4.69, 9.17) is 11.6 Å². The molecule has 0 aromatic heterocycles. The second-order valence-electron chi connectivity index (χ2n) is 3.45. The molecule has 0 radical (unpaired) electrons. The van der Waals surface area contributed by atoms with Crippen LogP contribution in [-0.2, 0) is 14.8 Å². The van der Waals surface area contributed by atoms with Gasteiger partial charge in [-0.25, -0.2) is 17.5 Å². The van der Waals surface area contributed by atoms with Crippen LogP contribution in [0.1, 0.15) is 10.4 Å². The minimum absolute atomic E-state index is 0.0459. The van der Waals surface area contributed by atoms with E-state index in [-0.39, 0.29) is 15.5 Å². The Morgan fingerprint density at radius 2 is 1.88 bits per heavy atom. The molecule has 7 heteroatoms. The Hall–Kier alpha value is -1.11. The first-order chi connectivity index (χ1) is 7.78. The van der Waals surface area contributed by atoms with Gasteiger partial charge in [0.25, 0.3) is 0 Å². The Kier molecular flexibility index (Phi) is 4.13. The van der Waals surface area contributed by atoms with Crippen molar-refractivity contribution in [3.8, 4) is 0 Å². The van der Waals surface area contributed by atoms with Crippen LogP contribution in [0.4, 0.5) is 0 Å². The van der Waals surface area contributed by atoms with Crippen LogP contribution in [0.2, 0.25) is 5.02 Å². The van der Waals surface area contributed by atoms with Crippen LogP contribution < -0.4 is 0 Å². The molecular formula is C10H12ClNO4S. The Bertz CT molecular complexity index is 539. The molecule has 0 aliphatic rings. The highest BCUT2D eigenvalue weighted by Gasteiger charge is 2.20. The third-order valence-corrected chi connectivity index (χ3v) is 4.08. The van der Waals surface area contributed by atoms with E-state index in [0.717, 1.165) is 4.31 Å². The predicted molar refractivity (Wildman–Crippen MR) is 63.7 cm³/mol. The van der Waals surface area contributed by atoms with Crippen molar-refractivity contribution in [3.63, 3.8) is 0 Å². The van der Waals surface area contributed by atoms with Crippen LogP contribution >= 0.6 is 11.6 Å². The second kappa shape index (κ2) is 5.03. The molecule has 1 rings (SSSR count). The summed E-state index contributed by atoms with van der Waals surface area (Å²) in [5.74, 6) is -0.636. The van der Waals surface area contributed by atoms with Crippen molar-refractivity contribution in [2.75, 3.05) is 21.2 Å². The molecule has 94 valence electrons. The molecule has 0 atom stereocenters. The van der Waals surface area contributed by atoms with Gasteiger partial charge in [-0.1, -0.05) is 11.6 Å². The fourth-order valence-corrected chi connectivity index (χ4v) is 2.43. The van der Waals surface area contributed by atoms with Gasteiger partial charge < -0.3 is 4.74 Å². The quantitative estimate of drug-likeness (QED) is 0.783. The molecule has 0 aliphatic heterocycles. The van der Waals surface area contributed by atoms with Gasteiger partial charge in [-0.3, -0.25) is 0 Å². The number of hydrogen-bond donors (Lipinski definition) is 0. The molecule has 0 saturated heterocycles. The molecule has 0 fully saturated rings. The van der Waals surface area contributed by atoms with Crippen LogP contribution in [0.5, 0.6) is 0 Å². The summed E-state index contributed by atoms with van der Waals surface area (Å²) in [5, 5.41) is 0.160. The largest absolute Gasteiger partial charge is 0.465 e. The SMILES string of the molecule is COC(=O)c1cc(Cl)cc(S(=O)(=O)N(C)C)c1. The fourth-order valence-electron chi connectivity index (χ4n) is 1.16. The van der Waals surface area contributed by atoms with Crippen molar-refractivity contribution >= 4 is 27.6 Å². The van der Waals surface area contributed by atoms with E-state index < -0.39 is 16.0 Å². The number of benzene rings is 1. The van der Waals surface area contributed by atoms with Gasteiger partial charge in [0, 0.05) is 19.1 Å². The van der Waals surface area contributed by atoms with Gasteiger partial charge in [0.05, 0.1) is 17.6 Å². The predicted octanol–water partition coefficient (Wildman–Crippen LogP) is 1.38. The van der Waals surface area contributed by atoms with Crippen molar-refractivity contribution in [2.24, 2.45) is 0 Å². The molecular weight excluding hydrogens is 266 g/mol. The summed E-state index contributed by atoms with van der Waals surface area (Å²) in [6.45, 7) is 0. The molecule has 0 N–H and O–H groups in total. The molecule has 0 heterocycles. The highest BCUT2D eigenvalue weighted by Crippen LogP contribution is 2.21. The van der Waals surface area contributed by atoms with E-state index >= 15 is 0 Å². The zero-order valence-corrected chi connectivity index (χ0v) is 11.2. The van der Waals surface area contributed by atoms with E-state index in [1.54, 1.807) is 0 Å². The lowest BCUT2D eigenvalue weighted by molar-refractivity contribution is 0.0600. The van der Waals surface area contributed by atoms with E-state index in [1.165, 1.54) is 39.4 Å². The van der Waals surface area contributed by atoms with Gasteiger partial charge >= 0.3 is 5.97 Å². The molecule has 1 aromatic rings. The van der Waals surface area contributed by atoms with Gasteiger partial charge in [-0.05, 0) is 18.2 Å². The van der Waals surface area contributed by atoms with Gasteiger partial charge in [-0.15, -0.1) is 0 Å². The summed E-state index contributed by atoms with van der Waals surface area (Å²) in [4.78, 5) is 11.3. The zero-order chi connectivity index (χ0) is 13.2. The van der Waals surface area contributed by atoms with Gasteiger partial charge in [0.2, 0.25) is 10.0 Å². The maximum absolute atomic E-state index is 11.9. The molecule has 0 unspecified atom stereocenters. The second-order valence-corrected chi connectivity index (χ2v) is 6.04. The lowest BCUT2D eigenvalue weighted by Crippen LogP contribution is -2.22. The highest BCUT2D eigenvalue weighted by molar-refractivity contribution is 7.89. The standard InChI is InChI=1S/C10H12ClNO4S/c1-12(2)17(14,15)9-5-7(10(13)16-3)4-8(11)6-9/h4-6H,1-3H3. The number of carbonyl (C=O) groups excluding carboxylic acids is 1. The van der Waals surface area contributed by atoms with Crippen LogP contribution in [-0.4, -0.2) is 39.9 Å². The molecule has 5 nitrogen and oxygen atoms in total. The third kappa shape index (κ3) is 2.96. The number of hydrogen-bond acceptors (Lipinski definition) is 4. The van der Waals surface area contributed by atoms with Crippen molar-refractivity contribution in [2.45, 2.75) is 4.90 Å². The zero-order valence-electron chi connectivity index (χ0n) is 9.60. The van der Waals surface area contributed by atoms with E-state index in [2.05, 4.69) is 4.74 Å². The van der Waals surface area contributed by atoms with Crippen molar-refractivity contribution < 1.29 is 17.9 Å². The summed E-state index contributed by atoms with van der Waals surface area (Å²) in [5.41, 5.74) is 0.0976. The van der Waals surface area contributed by atoms with E-state index in [1.807, 2.05) is 0 Å². The minimum atomic E-state index is -3.62. The van der Waals surface area contributed by atoms with Gasteiger partial charge in [0.15, 0.2) is 0 Å². The molecule has 17 heavy (non-hydrogen) atoms. The number of halogens is 1. The summed E-state index contributed by atoms with van der Waals surface area (Å²) in [6.07, 6.45) is 0. The van der Waals surface area contributed by atoms with Crippen LogP contribution in [0, 0.1) is 0 Å². The van der Waals surface area contributed by atoms with Crippen LogP contribution in [0.3, 0.4) is 0 Å². The molecule has 0 amide bonds. The maximum Gasteiger partial charge on any atom is 0.337 e. The summed E-state index contributed by atoms with van der Waals surface area (Å²) >= 11 is 5.77. The topological polar surface area (TPSA) is 63.7 Å². The Balaban J connectivity index is 3.38. The average molecular weight is 278 g/mol. The Morgan fingerprint density at radius 3 is 2.35 bits per heavy atom. The number of rotatable bonds is 3. The fraction of sp³-hybridized carbons (Fsp3) is 0.300. The lowest BCUT2D eigenvalue weighted by atomic mass is 10.2. The van der Waals surface area contributed by atoms with Crippen molar-refractivity contribution in [1.82, 2.24) is 4.31 Å². The molecule has 0 spiro atoms. The summed E-state index contributed by atoms with van der Waals surface area (Å²) in [6, 6.07) is 3.86. The van der Waals surface area contributed by atoms with Crippen LogP contribution in [0.25, 0.3) is 0 Å². The Labute approximate surface area is 105 Å². The van der Waals surface area contributed by atoms with Crippen LogP contribution in [0.15, 0.2) is 23.1 Å². The van der Waals surface area contributed by atoms with Crippen molar-refractivity contribution in [3.05, 3.63) is 28.8 Å². The number of ether oxygens (including phenoxy) is 1. The highest BCUT2D eigenvalue weighted by atomic mass is 35.5. The number of nitrogens with zero attached hydrogens (tertiary/aromatic N) is 1. The molecule has 1 aromatic carbocycles. The summed E-state index contributed by atoms with van der Waals surface area (Å²) in [7, 11) is 0.383. The first-order valence-corrected chi connectivity index (χ1v) is 6.42. The van der Waals surface area contributed by atoms with Gasteiger partial charge in [0.1, 0.15) is 0 Å². The first-order valence-electron chi connectivity index (χ1n) is 4.60. The summed E-state index contributed by atoms with van der Waals surface area (Å²) < 4.78 is 29.3.